The Balaban J connectivity index is 1.74. The molecule has 1 heterocycles. The summed E-state index contributed by atoms with van der Waals surface area (Å²) in [7, 11) is 1.79. The number of carbonyl (C=O) groups excluding carboxylic acids is 1. The Morgan fingerprint density at radius 3 is 2.77 bits per heavy atom. The SMILES string of the molecule is Cc1ccc(SCC(C)NC(=O)N(C)Cc2cscn2)cc1. The average molecular weight is 335 g/mol. The number of nitrogens with zero attached hydrogens (tertiary/aromatic N) is 2. The number of thioether (sulfide) groups is 1. The van der Waals surface area contributed by atoms with Gasteiger partial charge in [0, 0.05) is 29.1 Å². The highest BCUT2D eigenvalue weighted by Crippen LogP contribution is 2.19. The molecule has 2 amide bonds. The van der Waals surface area contributed by atoms with Gasteiger partial charge in [0.15, 0.2) is 0 Å². The molecule has 0 aliphatic heterocycles. The molecule has 1 unspecified atom stereocenters. The first-order valence-corrected chi connectivity index (χ1v) is 9.05. The normalized spacial score (nSPS) is 12.0. The van der Waals surface area contributed by atoms with Gasteiger partial charge in [-0.3, -0.25) is 0 Å². The highest BCUT2D eigenvalue weighted by molar-refractivity contribution is 7.99. The maximum absolute atomic E-state index is 12.1. The highest BCUT2D eigenvalue weighted by atomic mass is 32.2. The molecule has 2 rings (SSSR count). The molecule has 2 aromatic rings. The summed E-state index contributed by atoms with van der Waals surface area (Å²) in [5, 5.41) is 4.97. The van der Waals surface area contributed by atoms with Gasteiger partial charge in [0.1, 0.15) is 0 Å². The van der Waals surface area contributed by atoms with Crippen LogP contribution in [0.1, 0.15) is 18.2 Å². The second-order valence-electron chi connectivity index (χ2n) is 5.31. The van der Waals surface area contributed by atoms with Crippen molar-refractivity contribution in [1.29, 1.82) is 0 Å². The first kappa shape index (κ1) is 16.8. The first-order chi connectivity index (χ1) is 10.5. The molecular formula is C16H21N3OS2. The lowest BCUT2D eigenvalue weighted by Gasteiger charge is -2.20. The number of carbonyl (C=O) groups is 1. The van der Waals surface area contributed by atoms with Crippen LogP contribution in [0.15, 0.2) is 40.1 Å². The van der Waals surface area contributed by atoms with Crippen molar-refractivity contribution in [2.75, 3.05) is 12.8 Å². The number of urea groups is 1. The fourth-order valence-electron chi connectivity index (χ4n) is 1.85. The molecule has 1 N–H and O–H groups in total. The van der Waals surface area contributed by atoms with Crippen LogP contribution in [0.4, 0.5) is 4.79 Å². The number of nitrogens with one attached hydrogen (secondary N) is 1. The number of aryl methyl sites for hydroxylation is 1. The van der Waals surface area contributed by atoms with Crippen LogP contribution in [-0.2, 0) is 6.54 Å². The zero-order valence-electron chi connectivity index (χ0n) is 13.1. The average Bonchev–Trinajstić information content (AvgIpc) is 2.99. The number of rotatable bonds is 6. The van der Waals surface area contributed by atoms with E-state index in [2.05, 4.69) is 41.5 Å². The van der Waals surface area contributed by atoms with Gasteiger partial charge in [-0.1, -0.05) is 17.7 Å². The molecule has 0 radical (unpaired) electrons. The van der Waals surface area contributed by atoms with Crippen LogP contribution in [-0.4, -0.2) is 34.8 Å². The molecular weight excluding hydrogens is 314 g/mol. The Kier molecular flexibility index (Phi) is 6.27. The van der Waals surface area contributed by atoms with Gasteiger partial charge < -0.3 is 10.2 Å². The van der Waals surface area contributed by atoms with Crippen molar-refractivity contribution in [2.45, 2.75) is 31.3 Å². The van der Waals surface area contributed by atoms with Gasteiger partial charge in [-0.25, -0.2) is 9.78 Å². The van der Waals surface area contributed by atoms with Gasteiger partial charge in [-0.05, 0) is 26.0 Å². The van der Waals surface area contributed by atoms with Crippen molar-refractivity contribution >= 4 is 29.1 Å². The quantitative estimate of drug-likeness (QED) is 0.817. The van der Waals surface area contributed by atoms with E-state index in [0.717, 1.165) is 11.4 Å². The molecule has 0 saturated carbocycles. The van der Waals surface area contributed by atoms with Gasteiger partial charge >= 0.3 is 6.03 Å². The molecule has 6 heteroatoms. The molecule has 0 aliphatic carbocycles. The molecule has 4 nitrogen and oxygen atoms in total. The van der Waals surface area contributed by atoms with Gasteiger partial charge in [-0.2, -0.15) is 0 Å². The minimum absolute atomic E-state index is 0.0648. The molecule has 118 valence electrons. The van der Waals surface area contributed by atoms with Crippen molar-refractivity contribution in [2.24, 2.45) is 0 Å². The maximum atomic E-state index is 12.1. The van der Waals surface area contributed by atoms with Crippen LogP contribution >= 0.6 is 23.1 Å². The monoisotopic (exact) mass is 335 g/mol. The third kappa shape index (κ3) is 5.35. The molecule has 1 atom stereocenters. The van der Waals surface area contributed by atoms with Crippen molar-refractivity contribution in [3.05, 3.63) is 46.4 Å². The molecule has 0 spiro atoms. The minimum atomic E-state index is -0.0648. The molecule has 1 aromatic heterocycles. The van der Waals surface area contributed by atoms with Crippen LogP contribution < -0.4 is 5.32 Å². The van der Waals surface area contributed by atoms with E-state index in [1.165, 1.54) is 10.5 Å². The van der Waals surface area contributed by atoms with Gasteiger partial charge in [-0.15, -0.1) is 23.1 Å². The predicted octanol–water partition coefficient (Wildman–Crippen LogP) is 3.77. The van der Waals surface area contributed by atoms with Gasteiger partial charge in [0.25, 0.3) is 0 Å². The zero-order chi connectivity index (χ0) is 15.9. The summed E-state index contributed by atoms with van der Waals surface area (Å²) in [5.74, 6) is 0.847. The highest BCUT2D eigenvalue weighted by Gasteiger charge is 2.13. The second-order valence-corrected chi connectivity index (χ2v) is 7.12. The van der Waals surface area contributed by atoms with E-state index < -0.39 is 0 Å². The Morgan fingerprint density at radius 1 is 1.41 bits per heavy atom. The summed E-state index contributed by atoms with van der Waals surface area (Å²) in [5.41, 5.74) is 3.96. The van der Waals surface area contributed by atoms with E-state index in [1.807, 2.05) is 12.3 Å². The van der Waals surface area contributed by atoms with E-state index in [4.69, 9.17) is 0 Å². The van der Waals surface area contributed by atoms with Crippen molar-refractivity contribution < 1.29 is 4.79 Å². The lowest BCUT2D eigenvalue weighted by molar-refractivity contribution is 0.204. The largest absolute Gasteiger partial charge is 0.335 e. The van der Waals surface area contributed by atoms with Crippen LogP contribution in [0.3, 0.4) is 0 Å². The van der Waals surface area contributed by atoms with Crippen LogP contribution in [0.25, 0.3) is 0 Å². The second kappa shape index (κ2) is 8.19. The Hall–Kier alpha value is -1.53. The van der Waals surface area contributed by atoms with E-state index in [9.17, 15) is 4.79 Å². The summed E-state index contributed by atoms with van der Waals surface area (Å²) in [6.45, 7) is 4.64. The Morgan fingerprint density at radius 2 is 2.14 bits per heavy atom. The summed E-state index contributed by atoms with van der Waals surface area (Å²) in [6.07, 6.45) is 0. The summed E-state index contributed by atoms with van der Waals surface area (Å²) < 4.78 is 0. The smallest absolute Gasteiger partial charge is 0.317 e. The zero-order valence-corrected chi connectivity index (χ0v) is 14.7. The van der Waals surface area contributed by atoms with E-state index >= 15 is 0 Å². The van der Waals surface area contributed by atoms with Crippen molar-refractivity contribution in [3.8, 4) is 0 Å². The number of hydrogen-bond donors (Lipinski definition) is 1. The molecule has 0 saturated heterocycles. The maximum Gasteiger partial charge on any atom is 0.317 e. The number of benzene rings is 1. The standard InChI is InChI=1S/C16H21N3OS2/c1-12-4-6-15(7-5-12)22-9-13(2)18-16(20)19(3)8-14-10-21-11-17-14/h4-7,10-11,13H,8-9H2,1-3H3,(H,18,20). The van der Waals surface area contributed by atoms with Gasteiger partial charge in [0.2, 0.25) is 0 Å². The first-order valence-electron chi connectivity index (χ1n) is 7.13. The van der Waals surface area contributed by atoms with E-state index in [0.29, 0.717) is 6.54 Å². The van der Waals surface area contributed by atoms with Crippen LogP contribution in [0.5, 0.6) is 0 Å². The van der Waals surface area contributed by atoms with Crippen LogP contribution in [0.2, 0.25) is 0 Å². The molecule has 0 bridgehead atoms. The topological polar surface area (TPSA) is 45.2 Å². The molecule has 22 heavy (non-hydrogen) atoms. The van der Waals surface area contributed by atoms with Crippen molar-refractivity contribution in [3.63, 3.8) is 0 Å². The molecule has 0 fully saturated rings. The van der Waals surface area contributed by atoms with Gasteiger partial charge in [0.05, 0.1) is 17.7 Å². The summed E-state index contributed by atoms with van der Waals surface area (Å²) in [6, 6.07) is 8.48. The Bertz CT molecular complexity index is 584. The number of aromatic nitrogens is 1. The fraction of sp³-hybridized carbons (Fsp3) is 0.375. The molecule has 1 aromatic carbocycles. The lowest BCUT2D eigenvalue weighted by atomic mass is 10.2. The van der Waals surface area contributed by atoms with E-state index in [1.54, 1.807) is 40.6 Å². The number of hydrogen-bond acceptors (Lipinski definition) is 4. The van der Waals surface area contributed by atoms with E-state index in [-0.39, 0.29) is 12.1 Å². The summed E-state index contributed by atoms with van der Waals surface area (Å²) in [4.78, 5) is 19.2. The molecule has 0 aliphatic rings. The minimum Gasteiger partial charge on any atom is -0.335 e. The third-order valence-corrected chi connectivity index (χ3v) is 5.03. The third-order valence-electron chi connectivity index (χ3n) is 3.12. The fourth-order valence-corrected chi connectivity index (χ4v) is 3.25. The lowest BCUT2D eigenvalue weighted by Crippen LogP contribution is -2.42. The Labute approximate surface area is 139 Å². The number of amides is 2. The summed E-state index contributed by atoms with van der Waals surface area (Å²) >= 11 is 3.29. The predicted molar refractivity (Wildman–Crippen MR) is 93.5 cm³/mol. The number of thiazole rings is 1. The van der Waals surface area contributed by atoms with Crippen molar-refractivity contribution in [1.82, 2.24) is 15.2 Å². The van der Waals surface area contributed by atoms with Crippen LogP contribution in [0, 0.1) is 6.92 Å².